The molecule has 0 radical (unpaired) electrons. The fourth-order valence-electron chi connectivity index (χ4n) is 2.10. The minimum Gasteiger partial charge on any atom is -0.267 e. The molecule has 0 aliphatic carbocycles. The van der Waals surface area contributed by atoms with Crippen molar-refractivity contribution in [3.8, 4) is 0 Å². The van der Waals surface area contributed by atoms with Crippen LogP contribution < -0.4 is 11.7 Å². The number of rotatable bonds is 1. The third-order valence-electron chi connectivity index (χ3n) is 2.90. The maximum atomic E-state index is 11.9. The molecule has 0 bridgehead atoms. The van der Waals surface area contributed by atoms with E-state index >= 15 is 0 Å². The van der Waals surface area contributed by atoms with Gasteiger partial charge in [-0.3, -0.25) is 9.59 Å². The average Bonchev–Trinajstić information content (AvgIpc) is 2.59. The van der Waals surface area contributed by atoms with E-state index < -0.39 is 0 Å². The zero-order chi connectivity index (χ0) is 12.2. The number of carbonyl (C=O) groups excluding carboxylic acids is 2. The lowest BCUT2D eigenvalue weighted by atomic mass is 10.0. The summed E-state index contributed by atoms with van der Waals surface area (Å²) in [5.74, 6) is 10.5. The Hall–Kier alpha value is -1.66. The van der Waals surface area contributed by atoms with E-state index in [9.17, 15) is 9.59 Å². The quantitative estimate of drug-likeness (QED) is 0.466. The molecular weight excluding hydrogens is 208 g/mol. The molecule has 2 aliphatic rings. The second-order valence-electron chi connectivity index (χ2n) is 4.23. The topological polar surface area (TPSA) is 92.7 Å². The van der Waals surface area contributed by atoms with Crippen LogP contribution in [0.3, 0.4) is 0 Å². The number of nitrogens with zero attached hydrogens (tertiary/aromatic N) is 2. The number of allylic oxidation sites excluding steroid dienone is 2. The van der Waals surface area contributed by atoms with E-state index in [-0.39, 0.29) is 17.7 Å². The summed E-state index contributed by atoms with van der Waals surface area (Å²) < 4.78 is 0. The largest absolute Gasteiger partial charge is 0.274 e. The summed E-state index contributed by atoms with van der Waals surface area (Å²) in [6.07, 6.45) is 0. The highest BCUT2D eigenvalue weighted by atomic mass is 16.2. The lowest BCUT2D eigenvalue weighted by Gasteiger charge is -2.19. The molecule has 2 heterocycles. The van der Waals surface area contributed by atoms with Crippen LogP contribution in [0.5, 0.6) is 0 Å². The first-order valence-electron chi connectivity index (χ1n) is 5.01. The van der Waals surface area contributed by atoms with E-state index in [1.165, 1.54) is 0 Å². The number of hydrazine groups is 2. The predicted molar refractivity (Wildman–Crippen MR) is 56.6 cm³/mol. The summed E-state index contributed by atoms with van der Waals surface area (Å²) in [5, 5.41) is 2.04. The minimum absolute atomic E-state index is 0.00954. The van der Waals surface area contributed by atoms with Crippen LogP contribution in [0.2, 0.25) is 0 Å². The Bertz CT molecular complexity index is 461. The molecule has 0 saturated carbocycles. The van der Waals surface area contributed by atoms with Crippen molar-refractivity contribution >= 4 is 11.8 Å². The van der Waals surface area contributed by atoms with E-state index in [2.05, 4.69) is 0 Å². The summed E-state index contributed by atoms with van der Waals surface area (Å²) in [6, 6.07) is 0. The van der Waals surface area contributed by atoms with Crippen molar-refractivity contribution in [3.05, 3.63) is 22.5 Å². The zero-order valence-electron chi connectivity index (χ0n) is 9.44. The van der Waals surface area contributed by atoms with Crippen molar-refractivity contribution in [3.63, 3.8) is 0 Å². The van der Waals surface area contributed by atoms with Gasteiger partial charge in [0.15, 0.2) is 0 Å². The van der Waals surface area contributed by atoms with Gasteiger partial charge < -0.3 is 0 Å². The Morgan fingerprint density at radius 3 is 2.00 bits per heavy atom. The number of amides is 2. The molecule has 86 valence electrons. The molecule has 0 saturated heterocycles. The van der Waals surface area contributed by atoms with Gasteiger partial charge in [0, 0.05) is 5.70 Å². The van der Waals surface area contributed by atoms with Crippen molar-refractivity contribution in [2.24, 2.45) is 17.6 Å². The molecule has 6 heteroatoms. The van der Waals surface area contributed by atoms with Gasteiger partial charge in [-0.15, -0.1) is 0 Å². The van der Waals surface area contributed by atoms with Crippen molar-refractivity contribution in [1.29, 1.82) is 0 Å². The van der Waals surface area contributed by atoms with E-state index in [1.54, 1.807) is 6.92 Å². The van der Waals surface area contributed by atoms with Gasteiger partial charge in [0.05, 0.1) is 16.8 Å². The molecule has 0 aromatic rings. The summed E-state index contributed by atoms with van der Waals surface area (Å²) >= 11 is 0. The number of hydrogen-bond acceptors (Lipinski definition) is 4. The number of fused-ring (bicyclic) bond motifs is 1. The van der Waals surface area contributed by atoms with Gasteiger partial charge in [-0.05, 0) is 12.8 Å². The molecule has 0 spiro atoms. The number of nitrogens with two attached hydrogens (primary N) is 2. The van der Waals surface area contributed by atoms with Crippen LogP contribution in [0.1, 0.15) is 20.8 Å². The molecule has 2 rings (SSSR count). The van der Waals surface area contributed by atoms with Gasteiger partial charge in [-0.2, -0.15) is 0 Å². The molecule has 0 unspecified atom stereocenters. The molecular formula is C10H14N4O2. The second-order valence-corrected chi connectivity index (χ2v) is 4.23. The SMILES string of the molecule is CC1=C2C(=O)N(N)C(C(C)C)=C2C(=O)N1N. The van der Waals surface area contributed by atoms with E-state index in [4.69, 9.17) is 11.7 Å². The van der Waals surface area contributed by atoms with Crippen LogP contribution in [0.15, 0.2) is 22.5 Å². The van der Waals surface area contributed by atoms with Gasteiger partial charge in [-0.1, -0.05) is 13.8 Å². The molecule has 16 heavy (non-hydrogen) atoms. The van der Waals surface area contributed by atoms with Gasteiger partial charge in [0.1, 0.15) is 0 Å². The van der Waals surface area contributed by atoms with Crippen LogP contribution >= 0.6 is 0 Å². The molecule has 0 atom stereocenters. The standard InChI is InChI=1S/C10H14N4O2/c1-4(2)8-7-6(9(15)14(8)12)5(3)13(11)10(7)16/h4H,11-12H2,1-3H3. The number of carbonyl (C=O) groups is 2. The third-order valence-corrected chi connectivity index (χ3v) is 2.90. The summed E-state index contributed by atoms with van der Waals surface area (Å²) in [6.45, 7) is 5.38. The zero-order valence-corrected chi connectivity index (χ0v) is 9.44. The van der Waals surface area contributed by atoms with Gasteiger partial charge in [-0.25, -0.2) is 21.7 Å². The van der Waals surface area contributed by atoms with Gasteiger partial charge in [0.25, 0.3) is 11.8 Å². The number of hydrogen-bond donors (Lipinski definition) is 2. The molecule has 0 fully saturated rings. The minimum atomic E-state index is -0.363. The van der Waals surface area contributed by atoms with Crippen molar-refractivity contribution in [2.45, 2.75) is 20.8 Å². The molecule has 0 aromatic carbocycles. The molecule has 2 aliphatic heterocycles. The summed E-state index contributed by atoms with van der Waals surface area (Å²) in [4.78, 5) is 23.7. The fraction of sp³-hybridized carbons (Fsp3) is 0.400. The molecule has 4 N–H and O–H groups in total. The fourth-order valence-corrected chi connectivity index (χ4v) is 2.10. The van der Waals surface area contributed by atoms with Crippen LogP contribution in [-0.2, 0) is 9.59 Å². The smallest absolute Gasteiger partial charge is 0.267 e. The second kappa shape index (κ2) is 3.16. The van der Waals surface area contributed by atoms with Crippen molar-refractivity contribution < 1.29 is 9.59 Å². The Balaban J connectivity index is 2.69. The highest BCUT2D eigenvalue weighted by molar-refractivity contribution is 6.18. The average molecular weight is 222 g/mol. The molecule has 2 amide bonds. The first-order chi connectivity index (χ1) is 7.37. The van der Waals surface area contributed by atoms with E-state index in [0.717, 1.165) is 10.0 Å². The van der Waals surface area contributed by atoms with Crippen molar-refractivity contribution in [2.75, 3.05) is 0 Å². The lowest BCUT2D eigenvalue weighted by Crippen LogP contribution is -2.38. The molecule has 0 aromatic heterocycles. The normalized spacial score (nSPS) is 20.9. The highest BCUT2D eigenvalue weighted by Gasteiger charge is 2.46. The first kappa shape index (κ1) is 10.8. The predicted octanol–water partition coefficient (Wildman–Crippen LogP) is -0.398. The highest BCUT2D eigenvalue weighted by Crippen LogP contribution is 2.38. The molecule has 6 nitrogen and oxygen atoms in total. The van der Waals surface area contributed by atoms with Crippen LogP contribution in [0, 0.1) is 5.92 Å². The Morgan fingerprint density at radius 2 is 1.50 bits per heavy atom. The maximum Gasteiger partial charge on any atom is 0.274 e. The van der Waals surface area contributed by atoms with Crippen LogP contribution in [0.25, 0.3) is 0 Å². The summed E-state index contributed by atoms with van der Waals surface area (Å²) in [5.41, 5.74) is 1.68. The van der Waals surface area contributed by atoms with Crippen LogP contribution in [-0.4, -0.2) is 21.8 Å². The van der Waals surface area contributed by atoms with Crippen molar-refractivity contribution in [1.82, 2.24) is 10.0 Å². The Labute approximate surface area is 93.1 Å². The van der Waals surface area contributed by atoms with Crippen LogP contribution in [0.4, 0.5) is 0 Å². The maximum absolute atomic E-state index is 11.9. The first-order valence-corrected chi connectivity index (χ1v) is 5.01. The lowest BCUT2D eigenvalue weighted by molar-refractivity contribution is -0.124. The van der Waals surface area contributed by atoms with E-state index in [1.807, 2.05) is 13.8 Å². The Morgan fingerprint density at radius 1 is 1.00 bits per heavy atom. The monoisotopic (exact) mass is 222 g/mol. The summed E-state index contributed by atoms with van der Waals surface area (Å²) in [7, 11) is 0. The van der Waals surface area contributed by atoms with E-state index in [0.29, 0.717) is 22.5 Å². The van der Waals surface area contributed by atoms with Gasteiger partial charge in [0.2, 0.25) is 0 Å². The third kappa shape index (κ3) is 1.08. The van der Waals surface area contributed by atoms with Gasteiger partial charge >= 0.3 is 0 Å². The Kier molecular flexibility index (Phi) is 2.14.